The van der Waals surface area contributed by atoms with Crippen molar-refractivity contribution in [2.45, 2.75) is 103 Å². The van der Waals surface area contributed by atoms with Crippen LogP contribution in [0.5, 0.6) is 0 Å². The lowest BCUT2D eigenvalue weighted by molar-refractivity contribution is 0.205. The van der Waals surface area contributed by atoms with Crippen molar-refractivity contribution in [3.8, 4) is 0 Å². The van der Waals surface area contributed by atoms with E-state index in [1.54, 1.807) is 0 Å². The first kappa shape index (κ1) is 18.0. The smallest absolute Gasteiger partial charge is 0.0238 e. The maximum absolute atomic E-state index is 5.81. The van der Waals surface area contributed by atoms with Crippen molar-refractivity contribution in [2.24, 2.45) is 17.7 Å². The molecule has 1 fully saturated rings. The van der Waals surface area contributed by atoms with Crippen LogP contribution in [-0.2, 0) is 0 Å². The largest absolute Gasteiger partial charge is 0.271 e. The molecule has 0 radical (unpaired) electrons. The number of nitrogens with two attached hydrogens (primary N) is 1. The van der Waals surface area contributed by atoms with Gasteiger partial charge in [0, 0.05) is 6.04 Å². The van der Waals surface area contributed by atoms with Crippen LogP contribution in [0.3, 0.4) is 0 Å². The van der Waals surface area contributed by atoms with Crippen LogP contribution >= 0.6 is 0 Å². The fraction of sp³-hybridized carbons (Fsp3) is 1.00. The van der Waals surface area contributed by atoms with Gasteiger partial charge in [0.25, 0.3) is 0 Å². The predicted octanol–water partition coefficient (Wildman–Crippen LogP) is 5.18. The highest BCUT2D eigenvalue weighted by Gasteiger charge is 2.26. The maximum atomic E-state index is 5.81. The molecular formula is C18H38N2. The number of rotatable bonds is 11. The van der Waals surface area contributed by atoms with Crippen molar-refractivity contribution in [1.29, 1.82) is 0 Å². The summed E-state index contributed by atoms with van der Waals surface area (Å²) in [5, 5.41) is 0. The van der Waals surface area contributed by atoms with Crippen molar-refractivity contribution in [3.05, 3.63) is 0 Å². The molecule has 0 heterocycles. The summed E-state index contributed by atoms with van der Waals surface area (Å²) >= 11 is 0. The molecule has 120 valence electrons. The Morgan fingerprint density at radius 3 is 2.15 bits per heavy atom. The molecule has 2 heteroatoms. The van der Waals surface area contributed by atoms with Crippen LogP contribution < -0.4 is 11.3 Å². The Balaban J connectivity index is 2.12. The van der Waals surface area contributed by atoms with Gasteiger partial charge >= 0.3 is 0 Å². The van der Waals surface area contributed by atoms with Gasteiger partial charge < -0.3 is 0 Å². The van der Waals surface area contributed by atoms with E-state index in [1.165, 1.54) is 83.5 Å². The summed E-state index contributed by atoms with van der Waals surface area (Å²) in [6, 6.07) is 0.573. The third kappa shape index (κ3) is 7.08. The highest BCUT2D eigenvalue weighted by Crippen LogP contribution is 2.34. The van der Waals surface area contributed by atoms with Gasteiger partial charge in [-0.15, -0.1) is 0 Å². The van der Waals surface area contributed by atoms with E-state index in [-0.39, 0.29) is 0 Å². The summed E-state index contributed by atoms with van der Waals surface area (Å²) in [6.45, 7) is 4.60. The van der Waals surface area contributed by atoms with Gasteiger partial charge in [0.2, 0.25) is 0 Å². The molecule has 0 saturated heterocycles. The highest BCUT2D eigenvalue weighted by atomic mass is 15.2. The van der Waals surface area contributed by atoms with Crippen LogP contribution in [0.2, 0.25) is 0 Å². The molecule has 0 aromatic heterocycles. The molecule has 0 aromatic carbocycles. The molecule has 1 aliphatic rings. The van der Waals surface area contributed by atoms with Gasteiger partial charge in [-0.3, -0.25) is 11.3 Å². The second-order valence-corrected chi connectivity index (χ2v) is 6.90. The lowest BCUT2D eigenvalue weighted by atomic mass is 9.76. The lowest BCUT2D eigenvalue weighted by Gasteiger charge is -2.33. The van der Waals surface area contributed by atoms with E-state index in [4.69, 9.17) is 5.84 Å². The monoisotopic (exact) mass is 282 g/mol. The van der Waals surface area contributed by atoms with E-state index in [0.29, 0.717) is 6.04 Å². The molecule has 2 nitrogen and oxygen atoms in total. The third-order valence-electron chi connectivity index (χ3n) is 5.24. The standard InChI is InChI=1S/C18H38N2/c1-3-5-6-7-8-9-11-18(20-19)17-14-12-16(10-4-2)13-15-17/h16-18,20H,3-15,19H2,1-2H3. The SMILES string of the molecule is CCCCCCCCC(NN)C1CCC(CCC)CC1. The molecule has 1 rings (SSSR count). The predicted molar refractivity (Wildman–Crippen MR) is 89.5 cm³/mol. The Bertz CT molecular complexity index is 209. The van der Waals surface area contributed by atoms with Crippen LogP contribution in [-0.4, -0.2) is 6.04 Å². The van der Waals surface area contributed by atoms with E-state index >= 15 is 0 Å². The van der Waals surface area contributed by atoms with Gasteiger partial charge in [0.15, 0.2) is 0 Å². The topological polar surface area (TPSA) is 38.0 Å². The van der Waals surface area contributed by atoms with Crippen LogP contribution in [0.15, 0.2) is 0 Å². The minimum atomic E-state index is 0.573. The second kappa shape index (κ2) is 11.6. The Labute approximate surface area is 127 Å². The minimum Gasteiger partial charge on any atom is -0.271 e. The summed E-state index contributed by atoms with van der Waals surface area (Å²) in [4.78, 5) is 0. The summed E-state index contributed by atoms with van der Waals surface area (Å²) < 4.78 is 0. The van der Waals surface area contributed by atoms with Gasteiger partial charge in [-0.05, 0) is 31.1 Å². The van der Waals surface area contributed by atoms with Crippen molar-refractivity contribution in [3.63, 3.8) is 0 Å². The molecule has 0 spiro atoms. The van der Waals surface area contributed by atoms with E-state index in [1.807, 2.05) is 0 Å². The zero-order valence-corrected chi connectivity index (χ0v) is 14.0. The third-order valence-corrected chi connectivity index (χ3v) is 5.24. The van der Waals surface area contributed by atoms with E-state index in [0.717, 1.165) is 11.8 Å². The molecule has 3 N–H and O–H groups in total. The second-order valence-electron chi connectivity index (χ2n) is 6.90. The summed E-state index contributed by atoms with van der Waals surface area (Å²) in [5.74, 6) is 7.65. The van der Waals surface area contributed by atoms with Crippen LogP contribution in [0.25, 0.3) is 0 Å². The molecule has 0 bridgehead atoms. The maximum Gasteiger partial charge on any atom is 0.0238 e. The van der Waals surface area contributed by atoms with Gasteiger partial charge in [-0.2, -0.15) is 0 Å². The Morgan fingerprint density at radius 1 is 0.900 bits per heavy atom. The molecule has 0 aromatic rings. The number of hydrogen-bond donors (Lipinski definition) is 2. The molecule has 1 saturated carbocycles. The highest BCUT2D eigenvalue weighted by molar-refractivity contribution is 4.80. The average molecular weight is 283 g/mol. The van der Waals surface area contributed by atoms with E-state index in [2.05, 4.69) is 19.3 Å². The van der Waals surface area contributed by atoms with Crippen molar-refractivity contribution in [2.75, 3.05) is 0 Å². The zero-order chi connectivity index (χ0) is 14.6. The van der Waals surface area contributed by atoms with Crippen molar-refractivity contribution >= 4 is 0 Å². The molecule has 0 amide bonds. The molecule has 1 unspecified atom stereocenters. The number of hydrazine groups is 1. The molecule has 20 heavy (non-hydrogen) atoms. The molecule has 0 aliphatic heterocycles. The Hall–Kier alpha value is -0.0800. The lowest BCUT2D eigenvalue weighted by Crippen LogP contribution is -2.42. The van der Waals surface area contributed by atoms with Crippen LogP contribution in [0.1, 0.15) is 97.3 Å². The fourth-order valence-corrected chi connectivity index (χ4v) is 3.89. The van der Waals surface area contributed by atoms with Crippen molar-refractivity contribution < 1.29 is 0 Å². The number of nitrogens with one attached hydrogen (secondary N) is 1. The zero-order valence-electron chi connectivity index (χ0n) is 14.0. The van der Waals surface area contributed by atoms with E-state index < -0.39 is 0 Å². The van der Waals surface area contributed by atoms with Crippen LogP contribution in [0.4, 0.5) is 0 Å². The van der Waals surface area contributed by atoms with Crippen molar-refractivity contribution in [1.82, 2.24) is 5.43 Å². The normalized spacial score (nSPS) is 24.8. The molecular weight excluding hydrogens is 244 g/mol. The summed E-state index contributed by atoms with van der Waals surface area (Å²) in [7, 11) is 0. The minimum absolute atomic E-state index is 0.573. The Kier molecular flexibility index (Phi) is 10.4. The number of hydrogen-bond acceptors (Lipinski definition) is 2. The molecule has 1 aliphatic carbocycles. The first-order valence-corrected chi connectivity index (χ1v) is 9.27. The van der Waals surface area contributed by atoms with Gasteiger partial charge in [0.1, 0.15) is 0 Å². The summed E-state index contributed by atoms with van der Waals surface area (Å²) in [5.41, 5.74) is 3.12. The quantitative estimate of drug-likeness (QED) is 0.311. The Morgan fingerprint density at radius 2 is 1.55 bits per heavy atom. The van der Waals surface area contributed by atoms with Crippen LogP contribution in [0, 0.1) is 11.8 Å². The molecule has 1 atom stereocenters. The fourth-order valence-electron chi connectivity index (χ4n) is 3.89. The van der Waals surface area contributed by atoms with Gasteiger partial charge in [0.05, 0.1) is 0 Å². The van der Waals surface area contributed by atoms with Gasteiger partial charge in [-0.25, -0.2) is 0 Å². The van der Waals surface area contributed by atoms with Gasteiger partial charge in [-0.1, -0.05) is 78.1 Å². The first-order valence-electron chi connectivity index (χ1n) is 9.27. The van der Waals surface area contributed by atoms with E-state index in [9.17, 15) is 0 Å². The number of unbranched alkanes of at least 4 members (excludes halogenated alkanes) is 5. The summed E-state index contributed by atoms with van der Waals surface area (Å²) in [6.07, 6.45) is 18.1. The first-order chi connectivity index (χ1) is 9.81. The average Bonchev–Trinajstić information content (AvgIpc) is 2.48.